The molecule has 0 heterocycles. The van der Waals surface area contributed by atoms with Gasteiger partial charge in [0.25, 0.3) is 0 Å². The lowest BCUT2D eigenvalue weighted by atomic mass is 10.0. The molecule has 0 amide bonds. The van der Waals surface area contributed by atoms with Crippen LogP contribution in [0, 0.1) is 5.92 Å². The van der Waals surface area contributed by atoms with Crippen LogP contribution in [0.3, 0.4) is 0 Å². The zero-order valence-corrected chi connectivity index (χ0v) is 12.5. The van der Waals surface area contributed by atoms with E-state index in [1.165, 1.54) is 0 Å². The van der Waals surface area contributed by atoms with Crippen molar-refractivity contribution in [2.45, 2.75) is 26.4 Å². The van der Waals surface area contributed by atoms with Crippen molar-refractivity contribution in [2.24, 2.45) is 5.92 Å². The van der Waals surface area contributed by atoms with Crippen LogP contribution in [0.4, 0.5) is 0 Å². The van der Waals surface area contributed by atoms with E-state index in [1.54, 1.807) is 14.2 Å². The summed E-state index contributed by atoms with van der Waals surface area (Å²) in [6.45, 7) is 5.12. The third-order valence-electron chi connectivity index (χ3n) is 3.44. The molecule has 0 fully saturated rings. The van der Waals surface area contributed by atoms with Crippen LogP contribution in [0.15, 0.2) is 18.2 Å². The Kier molecular flexibility index (Phi) is 6.12. The summed E-state index contributed by atoms with van der Waals surface area (Å²) in [5.74, 6) is 2.00. The molecule has 4 nitrogen and oxygen atoms in total. The summed E-state index contributed by atoms with van der Waals surface area (Å²) in [4.78, 5) is 2.15. The zero-order chi connectivity index (χ0) is 14.4. The second-order valence-corrected chi connectivity index (χ2v) is 5.09. The lowest BCUT2D eigenvalue weighted by Gasteiger charge is -2.30. The van der Waals surface area contributed by atoms with Gasteiger partial charge in [-0.15, -0.1) is 0 Å². The van der Waals surface area contributed by atoms with E-state index in [0.717, 1.165) is 23.6 Å². The molecule has 0 saturated heterocycles. The molecule has 0 saturated carbocycles. The molecule has 1 atom stereocenters. The number of rotatable bonds is 7. The van der Waals surface area contributed by atoms with Gasteiger partial charge in [-0.05, 0) is 19.0 Å². The maximum atomic E-state index is 9.46. The monoisotopic (exact) mass is 267 g/mol. The molecule has 0 spiro atoms. The summed E-state index contributed by atoms with van der Waals surface area (Å²) in [6, 6.07) is 5.96. The van der Waals surface area contributed by atoms with Crippen LogP contribution in [-0.2, 0) is 6.54 Å². The summed E-state index contributed by atoms with van der Waals surface area (Å²) >= 11 is 0. The third-order valence-corrected chi connectivity index (χ3v) is 3.44. The minimum Gasteiger partial charge on any atom is -0.497 e. The Bertz CT molecular complexity index is 393. The molecule has 0 aliphatic rings. The van der Waals surface area contributed by atoms with Gasteiger partial charge in [-0.1, -0.05) is 19.9 Å². The molecular formula is C15H25NO3. The number of ether oxygens (including phenoxy) is 2. The fourth-order valence-electron chi connectivity index (χ4n) is 2.23. The van der Waals surface area contributed by atoms with Gasteiger partial charge in [-0.3, -0.25) is 4.90 Å². The first-order valence-electron chi connectivity index (χ1n) is 6.55. The van der Waals surface area contributed by atoms with Gasteiger partial charge in [0.05, 0.1) is 20.8 Å². The highest BCUT2D eigenvalue weighted by atomic mass is 16.5. The Labute approximate surface area is 115 Å². The molecule has 0 radical (unpaired) electrons. The van der Waals surface area contributed by atoms with Gasteiger partial charge in [0.15, 0.2) is 0 Å². The quantitative estimate of drug-likeness (QED) is 0.822. The molecule has 1 aromatic carbocycles. The number of likely N-dealkylation sites (N-methyl/N-ethyl adjacent to an activating group) is 1. The van der Waals surface area contributed by atoms with Crippen molar-refractivity contribution in [3.8, 4) is 11.5 Å². The topological polar surface area (TPSA) is 41.9 Å². The van der Waals surface area contributed by atoms with E-state index < -0.39 is 0 Å². The molecule has 0 aliphatic heterocycles. The number of hydrogen-bond donors (Lipinski definition) is 1. The number of nitrogens with zero attached hydrogens (tertiary/aromatic N) is 1. The highest BCUT2D eigenvalue weighted by Gasteiger charge is 2.19. The highest BCUT2D eigenvalue weighted by molar-refractivity contribution is 5.40. The molecule has 4 heteroatoms. The van der Waals surface area contributed by atoms with Gasteiger partial charge in [0.2, 0.25) is 0 Å². The van der Waals surface area contributed by atoms with Crippen molar-refractivity contribution in [2.75, 3.05) is 27.9 Å². The minimum absolute atomic E-state index is 0.145. The molecular weight excluding hydrogens is 242 g/mol. The number of aliphatic hydroxyl groups is 1. The van der Waals surface area contributed by atoms with Gasteiger partial charge < -0.3 is 14.6 Å². The van der Waals surface area contributed by atoms with Crippen LogP contribution in [0.2, 0.25) is 0 Å². The lowest BCUT2D eigenvalue weighted by molar-refractivity contribution is 0.107. The molecule has 0 bridgehead atoms. The van der Waals surface area contributed by atoms with E-state index in [9.17, 15) is 5.11 Å². The summed E-state index contributed by atoms with van der Waals surface area (Å²) in [5.41, 5.74) is 1.09. The molecule has 108 valence electrons. The molecule has 1 N–H and O–H groups in total. The summed E-state index contributed by atoms with van der Waals surface area (Å²) in [5, 5.41) is 9.46. The average molecular weight is 267 g/mol. The standard InChI is InChI=1S/C15H25NO3/c1-11(2)14(10-17)16(3)9-12-6-7-13(18-4)8-15(12)19-5/h6-8,11,14,17H,9-10H2,1-5H3. The second-order valence-electron chi connectivity index (χ2n) is 5.09. The summed E-state index contributed by atoms with van der Waals surface area (Å²) in [7, 11) is 5.32. The lowest BCUT2D eigenvalue weighted by Crippen LogP contribution is -2.38. The van der Waals surface area contributed by atoms with Crippen molar-refractivity contribution in [3.05, 3.63) is 23.8 Å². The van der Waals surface area contributed by atoms with E-state index >= 15 is 0 Å². The number of aliphatic hydroxyl groups excluding tert-OH is 1. The van der Waals surface area contributed by atoms with Crippen LogP contribution < -0.4 is 9.47 Å². The van der Waals surface area contributed by atoms with Crippen molar-refractivity contribution >= 4 is 0 Å². The summed E-state index contributed by atoms with van der Waals surface area (Å²) in [6.07, 6.45) is 0. The van der Waals surface area contributed by atoms with Gasteiger partial charge in [0, 0.05) is 24.2 Å². The normalized spacial score (nSPS) is 12.8. The molecule has 1 aromatic rings. The van der Waals surface area contributed by atoms with E-state index in [0.29, 0.717) is 5.92 Å². The molecule has 1 unspecified atom stereocenters. The third kappa shape index (κ3) is 4.11. The highest BCUT2D eigenvalue weighted by Crippen LogP contribution is 2.26. The minimum atomic E-state index is 0.145. The van der Waals surface area contributed by atoms with Crippen molar-refractivity contribution in [3.63, 3.8) is 0 Å². The first kappa shape index (κ1) is 15.8. The maximum Gasteiger partial charge on any atom is 0.127 e. The van der Waals surface area contributed by atoms with E-state index in [4.69, 9.17) is 9.47 Å². The molecule has 1 rings (SSSR count). The molecule has 19 heavy (non-hydrogen) atoms. The Hall–Kier alpha value is -1.26. The number of methoxy groups -OCH3 is 2. The predicted octanol–water partition coefficient (Wildman–Crippen LogP) is 2.15. The summed E-state index contributed by atoms with van der Waals surface area (Å²) < 4.78 is 10.6. The van der Waals surface area contributed by atoms with Gasteiger partial charge in [-0.2, -0.15) is 0 Å². The smallest absolute Gasteiger partial charge is 0.127 e. The second kappa shape index (κ2) is 7.36. The largest absolute Gasteiger partial charge is 0.497 e. The molecule has 0 aliphatic carbocycles. The fraction of sp³-hybridized carbons (Fsp3) is 0.600. The van der Waals surface area contributed by atoms with Crippen molar-refractivity contribution in [1.29, 1.82) is 0 Å². The number of benzene rings is 1. The van der Waals surface area contributed by atoms with E-state index in [1.807, 2.05) is 25.2 Å². The van der Waals surface area contributed by atoms with E-state index in [2.05, 4.69) is 18.7 Å². The van der Waals surface area contributed by atoms with Gasteiger partial charge >= 0.3 is 0 Å². The van der Waals surface area contributed by atoms with Crippen molar-refractivity contribution < 1.29 is 14.6 Å². The van der Waals surface area contributed by atoms with Crippen LogP contribution in [0.5, 0.6) is 11.5 Å². The van der Waals surface area contributed by atoms with Gasteiger partial charge in [0.1, 0.15) is 11.5 Å². The maximum absolute atomic E-state index is 9.46. The SMILES string of the molecule is COc1ccc(CN(C)C(CO)C(C)C)c(OC)c1. The number of hydrogen-bond acceptors (Lipinski definition) is 4. The Morgan fingerprint density at radius 1 is 1.21 bits per heavy atom. The van der Waals surface area contributed by atoms with E-state index in [-0.39, 0.29) is 12.6 Å². The van der Waals surface area contributed by atoms with Crippen LogP contribution in [0.25, 0.3) is 0 Å². The molecule has 0 aromatic heterocycles. The zero-order valence-electron chi connectivity index (χ0n) is 12.5. The Morgan fingerprint density at radius 3 is 2.37 bits per heavy atom. The predicted molar refractivity (Wildman–Crippen MR) is 76.7 cm³/mol. The fourth-order valence-corrected chi connectivity index (χ4v) is 2.23. The Balaban J connectivity index is 2.86. The Morgan fingerprint density at radius 2 is 1.89 bits per heavy atom. The van der Waals surface area contributed by atoms with Crippen LogP contribution >= 0.6 is 0 Å². The van der Waals surface area contributed by atoms with Crippen molar-refractivity contribution in [1.82, 2.24) is 4.90 Å². The van der Waals surface area contributed by atoms with Crippen LogP contribution in [-0.4, -0.2) is 43.9 Å². The first-order valence-corrected chi connectivity index (χ1v) is 6.55. The van der Waals surface area contributed by atoms with Crippen LogP contribution in [0.1, 0.15) is 19.4 Å². The first-order chi connectivity index (χ1) is 9.03. The van der Waals surface area contributed by atoms with Gasteiger partial charge in [-0.25, -0.2) is 0 Å². The average Bonchev–Trinajstić information content (AvgIpc) is 2.39.